The van der Waals surface area contributed by atoms with E-state index in [-0.39, 0.29) is 79.4 Å². The number of carbonyl (C=O) groups excluding carboxylic acids is 1. The number of rotatable bonds is 4. The van der Waals surface area contributed by atoms with Crippen molar-refractivity contribution in [3.63, 3.8) is 0 Å². The van der Waals surface area contributed by atoms with Crippen LogP contribution in [0.1, 0.15) is 42.9 Å². The van der Waals surface area contributed by atoms with E-state index in [0.717, 1.165) is 18.9 Å². The number of phenolic OH excluding ortho intramolecular Hbond substituents is 5. The fourth-order valence-corrected chi connectivity index (χ4v) is 6.31. The molecule has 3 aromatic carbocycles. The number of nitrogens with zero attached hydrogens (tertiary/aromatic N) is 2. The smallest absolute Gasteiger partial charge is 0.320 e. The molecule has 0 bridgehead atoms. The van der Waals surface area contributed by atoms with E-state index in [2.05, 4.69) is 15.5 Å². The molecule has 0 aromatic heterocycles. The summed E-state index contributed by atoms with van der Waals surface area (Å²) in [6, 6.07) is 1.33. The molecule has 13 heteroatoms. The number of ether oxygens (including phenoxy) is 1. The summed E-state index contributed by atoms with van der Waals surface area (Å²) < 4.78 is 5.67. The number of fused-ring (bicyclic) bond motifs is 4. The van der Waals surface area contributed by atoms with Gasteiger partial charge in [0.15, 0.2) is 11.7 Å². The molecule has 1 unspecified atom stereocenters. The highest BCUT2D eigenvalue weighted by molar-refractivity contribution is 7.80. The molecule has 222 valence electrons. The van der Waals surface area contributed by atoms with Gasteiger partial charge in [0, 0.05) is 33.7 Å². The molecule has 3 aromatic rings. The molecule has 0 saturated heterocycles. The first kappa shape index (κ1) is 28.2. The molecule has 0 radical (unpaired) electrons. The van der Waals surface area contributed by atoms with E-state index in [9.17, 15) is 40.2 Å². The quantitative estimate of drug-likeness (QED) is 0.0721. The minimum absolute atomic E-state index is 0.0254. The first-order chi connectivity index (χ1) is 20.4. The van der Waals surface area contributed by atoms with Crippen molar-refractivity contribution < 1.29 is 45.0 Å². The van der Waals surface area contributed by atoms with Gasteiger partial charge in [0.25, 0.3) is 0 Å². The van der Waals surface area contributed by atoms with E-state index in [1.54, 1.807) is 6.92 Å². The van der Waals surface area contributed by atoms with Gasteiger partial charge >= 0.3 is 5.97 Å². The van der Waals surface area contributed by atoms with Gasteiger partial charge in [-0.05, 0) is 69.0 Å². The van der Waals surface area contributed by atoms with Gasteiger partial charge < -0.3 is 40.7 Å². The molecular weight excluding hydrogens is 578 g/mol. The van der Waals surface area contributed by atoms with Crippen LogP contribution in [0.5, 0.6) is 34.5 Å². The first-order valence-corrected chi connectivity index (χ1v) is 13.9. The standard InChI is InChI=1S/C30H27N3O9S/c1-9-12-6-7-13-17(16(12)26(38)21(29(40)41)22(9)32-33-30(43)31-11-4-5-11)25(37)19-20(28(13)42-3)27(39)18-14(24(19)36)8-15(34)10(2)23(18)35/h8,11,21,34-37,39H,4-7H2,1-3H3,(H,31,43)(H,40,41). The molecule has 1 fully saturated rings. The number of Topliss-reactive ketones (excluding diaryl/α,β-unsaturated/α-hetero) is 1. The second-order valence-electron chi connectivity index (χ2n) is 10.9. The average Bonchev–Trinajstić information content (AvgIpc) is 3.78. The molecular formula is C30H27N3O9S. The van der Waals surface area contributed by atoms with Gasteiger partial charge in [0.1, 0.15) is 34.5 Å². The van der Waals surface area contributed by atoms with Crippen molar-refractivity contribution in [2.75, 3.05) is 7.11 Å². The highest BCUT2D eigenvalue weighted by Crippen LogP contribution is 2.58. The molecule has 0 spiro atoms. The van der Waals surface area contributed by atoms with E-state index in [1.165, 1.54) is 14.0 Å². The van der Waals surface area contributed by atoms with Crippen molar-refractivity contribution in [2.24, 2.45) is 16.1 Å². The lowest BCUT2D eigenvalue weighted by Crippen LogP contribution is -2.32. The number of phenols is 5. The molecule has 43 heavy (non-hydrogen) atoms. The predicted molar refractivity (Wildman–Crippen MR) is 159 cm³/mol. The van der Waals surface area contributed by atoms with Crippen LogP contribution < -0.4 is 10.1 Å². The topological polar surface area (TPSA) is 202 Å². The van der Waals surface area contributed by atoms with Crippen LogP contribution in [0.2, 0.25) is 0 Å². The molecule has 0 aliphatic heterocycles. The number of carbonyl (C=O) groups is 2. The molecule has 12 nitrogen and oxygen atoms in total. The van der Waals surface area contributed by atoms with Gasteiger partial charge in [-0.25, -0.2) is 0 Å². The highest BCUT2D eigenvalue weighted by atomic mass is 32.1. The summed E-state index contributed by atoms with van der Waals surface area (Å²) in [5, 5.41) is 76.0. The van der Waals surface area contributed by atoms with Gasteiger partial charge in [0.05, 0.1) is 29.0 Å². The number of aromatic hydroxyl groups is 5. The van der Waals surface area contributed by atoms with Crippen LogP contribution in [-0.2, 0) is 16.0 Å². The van der Waals surface area contributed by atoms with Crippen molar-refractivity contribution >= 4 is 56.2 Å². The zero-order valence-electron chi connectivity index (χ0n) is 23.3. The number of hydrogen-bond donors (Lipinski definition) is 7. The normalized spacial score (nSPS) is 18.4. The number of carboxylic acids is 1. The van der Waals surface area contributed by atoms with Crippen LogP contribution in [0.15, 0.2) is 33.1 Å². The van der Waals surface area contributed by atoms with E-state index in [1.807, 2.05) is 0 Å². The first-order valence-electron chi connectivity index (χ1n) is 13.5. The summed E-state index contributed by atoms with van der Waals surface area (Å²) in [4.78, 5) is 26.4. The van der Waals surface area contributed by atoms with Crippen molar-refractivity contribution in [3.8, 4) is 34.5 Å². The predicted octanol–water partition coefficient (Wildman–Crippen LogP) is 4.58. The number of nitrogens with one attached hydrogen (secondary N) is 1. The summed E-state index contributed by atoms with van der Waals surface area (Å²) in [7, 11) is 1.31. The third kappa shape index (κ3) is 4.06. The van der Waals surface area contributed by atoms with Crippen LogP contribution >= 0.6 is 12.2 Å². The Morgan fingerprint density at radius 2 is 1.70 bits per heavy atom. The fourth-order valence-electron chi connectivity index (χ4n) is 6.10. The fraction of sp³-hybridized carbons (Fsp3) is 0.300. The molecule has 3 aliphatic rings. The SMILES string of the molecule is COc1c2c(c(O)c3c(O)c4cc(O)c(C)c(O)c4c(O)c13)C1=C(CC2)C(C)=C(N=NC(=S)NC2CC2)C(C(=O)O)C1=O. The van der Waals surface area contributed by atoms with Gasteiger partial charge in [-0.3, -0.25) is 9.59 Å². The number of carboxylic acid groups (broad SMARTS) is 1. The van der Waals surface area contributed by atoms with Crippen molar-refractivity contribution in [1.82, 2.24) is 5.32 Å². The van der Waals surface area contributed by atoms with Crippen molar-refractivity contribution in [1.29, 1.82) is 0 Å². The molecule has 6 rings (SSSR count). The van der Waals surface area contributed by atoms with E-state index in [4.69, 9.17) is 17.0 Å². The summed E-state index contributed by atoms with van der Waals surface area (Å²) >= 11 is 5.19. The largest absolute Gasteiger partial charge is 0.508 e. The molecule has 7 N–H and O–H groups in total. The Labute approximate surface area is 249 Å². The Morgan fingerprint density at radius 3 is 2.33 bits per heavy atom. The molecule has 0 amide bonds. The number of azo groups is 1. The number of ketones is 1. The molecule has 1 atom stereocenters. The number of aliphatic carboxylic acids is 1. The lowest BCUT2D eigenvalue weighted by molar-refractivity contribution is -0.143. The van der Waals surface area contributed by atoms with Crippen LogP contribution in [0.4, 0.5) is 0 Å². The van der Waals surface area contributed by atoms with Crippen LogP contribution in [0.3, 0.4) is 0 Å². The zero-order chi connectivity index (χ0) is 31.1. The second-order valence-corrected chi connectivity index (χ2v) is 11.3. The number of benzene rings is 3. The lowest BCUT2D eigenvalue weighted by atomic mass is 9.72. The maximum atomic E-state index is 14.0. The summed E-state index contributed by atoms with van der Waals surface area (Å²) in [5.74, 6) is -6.62. The van der Waals surface area contributed by atoms with Crippen LogP contribution in [0, 0.1) is 12.8 Å². The van der Waals surface area contributed by atoms with E-state index < -0.39 is 40.7 Å². The molecule has 0 heterocycles. The van der Waals surface area contributed by atoms with Gasteiger partial charge in [-0.1, -0.05) is 0 Å². The van der Waals surface area contributed by atoms with Crippen molar-refractivity contribution in [2.45, 2.75) is 45.6 Å². The van der Waals surface area contributed by atoms with E-state index >= 15 is 0 Å². The minimum atomic E-state index is -1.76. The average molecular weight is 606 g/mol. The summed E-state index contributed by atoms with van der Waals surface area (Å²) in [6.45, 7) is 3.04. The summed E-state index contributed by atoms with van der Waals surface area (Å²) in [5.41, 5.74) is 1.01. The molecule has 1 saturated carbocycles. The Kier molecular flexibility index (Phi) is 6.45. The third-order valence-electron chi connectivity index (χ3n) is 8.42. The van der Waals surface area contributed by atoms with Gasteiger partial charge in [-0.15, -0.1) is 5.11 Å². The third-order valence-corrected chi connectivity index (χ3v) is 8.62. The van der Waals surface area contributed by atoms with Crippen molar-refractivity contribution in [3.05, 3.63) is 39.6 Å². The lowest BCUT2D eigenvalue weighted by Gasteiger charge is -2.32. The van der Waals surface area contributed by atoms with E-state index in [0.29, 0.717) is 16.7 Å². The maximum absolute atomic E-state index is 14.0. The van der Waals surface area contributed by atoms with Crippen LogP contribution in [-0.4, -0.2) is 60.7 Å². The number of thiocarbonyl (C=S) groups is 1. The van der Waals surface area contributed by atoms with Gasteiger partial charge in [0.2, 0.25) is 5.11 Å². The van der Waals surface area contributed by atoms with Crippen LogP contribution in [0.25, 0.3) is 27.1 Å². The minimum Gasteiger partial charge on any atom is -0.508 e. The number of methoxy groups -OCH3 is 1. The summed E-state index contributed by atoms with van der Waals surface area (Å²) in [6.07, 6.45) is 2.32. The van der Waals surface area contributed by atoms with Gasteiger partial charge in [-0.2, -0.15) is 5.11 Å². The Bertz CT molecular complexity index is 1940. The monoisotopic (exact) mass is 605 g/mol. The number of hydrogen-bond acceptors (Lipinski definition) is 10. The number of allylic oxidation sites excluding steroid dienone is 3. The maximum Gasteiger partial charge on any atom is 0.320 e. The Hall–Kier alpha value is -4.91. The second kappa shape index (κ2) is 9.83. The Morgan fingerprint density at radius 1 is 1.00 bits per heavy atom. The zero-order valence-corrected chi connectivity index (χ0v) is 24.1. The highest BCUT2D eigenvalue weighted by Gasteiger charge is 2.44. The molecule has 3 aliphatic carbocycles. The Balaban J connectivity index is 1.66.